The smallest absolute Gasteiger partial charge is 0.130 e. The Bertz CT molecular complexity index is 369. The van der Waals surface area contributed by atoms with Crippen molar-refractivity contribution >= 4 is 11.6 Å². The number of ether oxygens (including phenoxy) is 2. The summed E-state index contributed by atoms with van der Waals surface area (Å²) in [4.78, 5) is 0. The zero-order valence-corrected chi connectivity index (χ0v) is 11.6. The van der Waals surface area contributed by atoms with Crippen molar-refractivity contribution in [2.45, 2.75) is 19.4 Å². The van der Waals surface area contributed by atoms with Crippen molar-refractivity contribution in [2.24, 2.45) is 0 Å². The number of alkyl halides is 1. The molecule has 3 nitrogen and oxygen atoms in total. The maximum Gasteiger partial charge on any atom is 0.130 e. The molecule has 1 rings (SSSR count). The molecule has 0 aliphatic carbocycles. The van der Waals surface area contributed by atoms with Crippen LogP contribution >= 0.6 is 11.6 Å². The fraction of sp³-hybridized carbons (Fsp3) is 0.538. The molecular weight excluding hydrogens is 238 g/mol. The van der Waals surface area contributed by atoms with Gasteiger partial charge < -0.3 is 14.8 Å². The summed E-state index contributed by atoms with van der Waals surface area (Å²) in [6, 6.07) is 4.19. The Labute approximate surface area is 108 Å². The molecule has 0 heterocycles. The highest BCUT2D eigenvalue weighted by molar-refractivity contribution is 6.17. The van der Waals surface area contributed by atoms with Crippen molar-refractivity contribution in [3.8, 4) is 11.5 Å². The molecule has 0 saturated heterocycles. The molecule has 0 aliphatic rings. The molecule has 1 N–H and O–H groups in total. The maximum atomic E-state index is 5.81. The lowest BCUT2D eigenvalue weighted by Crippen LogP contribution is -2.18. The second kappa shape index (κ2) is 6.72. The molecular formula is C13H20ClNO2. The summed E-state index contributed by atoms with van der Waals surface area (Å²) in [7, 11) is 5.27. The van der Waals surface area contributed by atoms with Crippen molar-refractivity contribution in [2.75, 3.05) is 27.1 Å². The topological polar surface area (TPSA) is 30.5 Å². The molecule has 0 fully saturated rings. The van der Waals surface area contributed by atoms with Gasteiger partial charge in [-0.3, -0.25) is 0 Å². The number of halogens is 1. The molecule has 0 radical (unpaired) electrons. The van der Waals surface area contributed by atoms with E-state index in [4.69, 9.17) is 21.1 Å². The maximum absolute atomic E-state index is 5.81. The first kappa shape index (κ1) is 14.1. The van der Waals surface area contributed by atoms with Crippen molar-refractivity contribution in [1.82, 2.24) is 5.32 Å². The van der Waals surface area contributed by atoms with Gasteiger partial charge in [-0.1, -0.05) is 6.07 Å². The number of hydrogen-bond donors (Lipinski definition) is 1. The molecule has 1 atom stereocenters. The van der Waals surface area contributed by atoms with Gasteiger partial charge in [-0.15, -0.1) is 11.6 Å². The van der Waals surface area contributed by atoms with Crippen LogP contribution in [0.5, 0.6) is 11.5 Å². The highest BCUT2D eigenvalue weighted by atomic mass is 35.5. The van der Waals surface area contributed by atoms with E-state index < -0.39 is 0 Å². The van der Waals surface area contributed by atoms with E-state index in [1.807, 2.05) is 26.1 Å². The third-order valence-corrected chi connectivity index (χ3v) is 3.15. The number of benzene rings is 1. The van der Waals surface area contributed by atoms with Crippen LogP contribution in [0.1, 0.15) is 23.6 Å². The van der Waals surface area contributed by atoms with E-state index >= 15 is 0 Å². The van der Waals surface area contributed by atoms with Gasteiger partial charge in [0, 0.05) is 23.0 Å². The molecule has 4 heteroatoms. The second-order valence-corrected chi connectivity index (χ2v) is 4.21. The van der Waals surface area contributed by atoms with E-state index in [0.29, 0.717) is 5.88 Å². The largest absolute Gasteiger partial charge is 0.496 e. The van der Waals surface area contributed by atoms with E-state index in [9.17, 15) is 0 Å². The lowest BCUT2D eigenvalue weighted by molar-refractivity contribution is 0.379. The SMILES string of the molecule is CNC(CCCl)c1ccc(OC)c(C)c1OC. The molecule has 1 aromatic rings. The van der Waals surface area contributed by atoms with E-state index in [2.05, 4.69) is 5.32 Å². The van der Waals surface area contributed by atoms with Crippen LogP contribution in [0.4, 0.5) is 0 Å². The first-order valence-corrected chi connectivity index (χ1v) is 6.17. The third kappa shape index (κ3) is 3.05. The minimum absolute atomic E-state index is 0.201. The Morgan fingerprint density at radius 1 is 1.29 bits per heavy atom. The Kier molecular flexibility index (Phi) is 5.59. The van der Waals surface area contributed by atoms with Gasteiger partial charge in [0.25, 0.3) is 0 Å². The number of rotatable bonds is 6. The predicted molar refractivity (Wildman–Crippen MR) is 71.4 cm³/mol. The molecule has 0 bridgehead atoms. The molecule has 0 spiro atoms. The summed E-state index contributed by atoms with van der Waals surface area (Å²) in [6.07, 6.45) is 0.861. The summed E-state index contributed by atoms with van der Waals surface area (Å²) in [6.45, 7) is 1.99. The summed E-state index contributed by atoms with van der Waals surface area (Å²) in [5.74, 6) is 2.32. The minimum Gasteiger partial charge on any atom is -0.496 e. The van der Waals surface area contributed by atoms with Crippen molar-refractivity contribution < 1.29 is 9.47 Å². The third-order valence-electron chi connectivity index (χ3n) is 2.93. The Hall–Kier alpha value is -0.930. The van der Waals surface area contributed by atoms with Gasteiger partial charge in [0.15, 0.2) is 0 Å². The minimum atomic E-state index is 0.201. The van der Waals surface area contributed by atoms with Crippen LogP contribution in [0, 0.1) is 6.92 Å². The average molecular weight is 258 g/mol. The van der Waals surface area contributed by atoms with E-state index in [0.717, 1.165) is 29.0 Å². The molecule has 1 unspecified atom stereocenters. The number of nitrogens with one attached hydrogen (secondary N) is 1. The molecule has 96 valence electrons. The molecule has 0 aliphatic heterocycles. The van der Waals surface area contributed by atoms with E-state index in [1.165, 1.54) is 0 Å². The monoisotopic (exact) mass is 257 g/mol. The van der Waals surface area contributed by atoms with Crippen LogP contribution in [0.15, 0.2) is 12.1 Å². The van der Waals surface area contributed by atoms with Crippen LogP contribution < -0.4 is 14.8 Å². The average Bonchev–Trinajstić information content (AvgIpc) is 2.35. The lowest BCUT2D eigenvalue weighted by atomic mass is 10.00. The summed E-state index contributed by atoms with van der Waals surface area (Å²) in [5, 5.41) is 3.25. The zero-order chi connectivity index (χ0) is 12.8. The summed E-state index contributed by atoms with van der Waals surface area (Å²) >= 11 is 5.81. The van der Waals surface area contributed by atoms with Gasteiger partial charge in [0.2, 0.25) is 0 Å². The first-order valence-electron chi connectivity index (χ1n) is 5.64. The zero-order valence-electron chi connectivity index (χ0n) is 10.8. The lowest BCUT2D eigenvalue weighted by Gasteiger charge is -2.21. The predicted octanol–water partition coefficient (Wildman–Crippen LogP) is 2.90. The van der Waals surface area contributed by atoms with Crippen molar-refractivity contribution in [1.29, 1.82) is 0 Å². The normalized spacial score (nSPS) is 12.3. The Balaban J connectivity index is 3.18. The summed E-state index contributed by atoms with van der Waals surface area (Å²) in [5.41, 5.74) is 2.14. The summed E-state index contributed by atoms with van der Waals surface area (Å²) < 4.78 is 10.8. The van der Waals surface area contributed by atoms with Gasteiger partial charge in [-0.2, -0.15) is 0 Å². The fourth-order valence-corrected chi connectivity index (χ4v) is 2.24. The standard InChI is InChI=1S/C13H20ClNO2/c1-9-12(16-3)6-5-10(13(9)17-4)11(15-2)7-8-14/h5-6,11,15H,7-8H2,1-4H3. The number of hydrogen-bond acceptors (Lipinski definition) is 3. The van der Waals surface area contributed by atoms with Gasteiger partial charge in [-0.05, 0) is 26.5 Å². The Morgan fingerprint density at radius 3 is 2.47 bits per heavy atom. The van der Waals surface area contributed by atoms with Crippen LogP contribution in [0.2, 0.25) is 0 Å². The first-order chi connectivity index (χ1) is 8.19. The number of methoxy groups -OCH3 is 2. The molecule has 17 heavy (non-hydrogen) atoms. The van der Waals surface area contributed by atoms with Gasteiger partial charge in [0.05, 0.1) is 14.2 Å². The van der Waals surface area contributed by atoms with Gasteiger partial charge in [-0.25, -0.2) is 0 Å². The molecule has 0 amide bonds. The highest BCUT2D eigenvalue weighted by Gasteiger charge is 2.17. The highest BCUT2D eigenvalue weighted by Crippen LogP contribution is 2.35. The van der Waals surface area contributed by atoms with Crippen molar-refractivity contribution in [3.05, 3.63) is 23.3 Å². The van der Waals surface area contributed by atoms with Crippen molar-refractivity contribution in [3.63, 3.8) is 0 Å². The molecule has 0 aromatic heterocycles. The van der Waals surface area contributed by atoms with E-state index in [1.54, 1.807) is 14.2 Å². The van der Waals surface area contributed by atoms with Crippen LogP contribution in [-0.2, 0) is 0 Å². The van der Waals surface area contributed by atoms with E-state index in [-0.39, 0.29) is 6.04 Å². The second-order valence-electron chi connectivity index (χ2n) is 3.83. The van der Waals surface area contributed by atoms with Gasteiger partial charge >= 0.3 is 0 Å². The van der Waals surface area contributed by atoms with Gasteiger partial charge in [0.1, 0.15) is 11.5 Å². The van der Waals surface area contributed by atoms with Crippen LogP contribution in [-0.4, -0.2) is 27.1 Å². The van der Waals surface area contributed by atoms with Crippen LogP contribution in [0.3, 0.4) is 0 Å². The Morgan fingerprint density at radius 2 is 2.00 bits per heavy atom. The fourth-order valence-electron chi connectivity index (χ4n) is 2.03. The molecule has 0 saturated carbocycles. The molecule has 1 aromatic carbocycles. The quantitative estimate of drug-likeness (QED) is 0.795. The van der Waals surface area contributed by atoms with Crippen LogP contribution in [0.25, 0.3) is 0 Å².